The number of aromatic nitrogens is 1. The van der Waals surface area contributed by atoms with Crippen molar-refractivity contribution in [3.05, 3.63) is 92.4 Å². The Morgan fingerprint density at radius 3 is 2.03 bits per heavy atom. The summed E-state index contributed by atoms with van der Waals surface area (Å²) in [6.07, 6.45) is 2.84. The molecule has 0 bridgehead atoms. The van der Waals surface area contributed by atoms with Gasteiger partial charge in [-0.05, 0) is 48.1 Å². The lowest BCUT2D eigenvalue weighted by molar-refractivity contribution is -0.605. The summed E-state index contributed by atoms with van der Waals surface area (Å²) in [7, 11) is 3.08. The molecule has 36 heavy (non-hydrogen) atoms. The van der Waals surface area contributed by atoms with Crippen molar-refractivity contribution >= 4 is 29.2 Å². The molecule has 8 heteroatoms. The van der Waals surface area contributed by atoms with Crippen LogP contribution in [-0.4, -0.2) is 20.2 Å². The second kappa shape index (κ2) is 12.3. The molecule has 3 rings (SSSR count). The highest BCUT2D eigenvalue weighted by Crippen LogP contribution is 2.36. The summed E-state index contributed by atoms with van der Waals surface area (Å²) in [5.74, 6) is 0.699. The quantitative estimate of drug-likeness (QED) is 0.170. The van der Waals surface area contributed by atoms with E-state index >= 15 is 0 Å². The molecular formula is C28H31Cl2NO5. The van der Waals surface area contributed by atoms with E-state index < -0.39 is 18.0 Å². The van der Waals surface area contributed by atoms with Gasteiger partial charge in [0.25, 0.3) is 0 Å². The van der Waals surface area contributed by atoms with Crippen LogP contribution in [0.3, 0.4) is 0 Å². The monoisotopic (exact) mass is 531 g/mol. The minimum atomic E-state index is -0.738. The van der Waals surface area contributed by atoms with Crippen molar-refractivity contribution < 1.29 is 23.7 Å². The summed E-state index contributed by atoms with van der Waals surface area (Å²) in [6, 6.07) is 13.3. The van der Waals surface area contributed by atoms with Crippen molar-refractivity contribution in [1.29, 1.82) is 0 Å². The minimum Gasteiger partial charge on any atom is -0.619 e. The number of carbonyl (C=O) groups excluding carboxylic acids is 1. The van der Waals surface area contributed by atoms with Crippen LogP contribution in [0.1, 0.15) is 55.0 Å². The molecule has 0 N–H and O–H groups in total. The van der Waals surface area contributed by atoms with Gasteiger partial charge < -0.3 is 19.4 Å². The summed E-state index contributed by atoms with van der Waals surface area (Å²) in [5, 5.41) is 12.1. The smallest absolute Gasteiger partial charge is 0.313 e. The first-order chi connectivity index (χ1) is 17.1. The number of hydrogen-bond acceptors (Lipinski definition) is 5. The van der Waals surface area contributed by atoms with Crippen LogP contribution in [0.5, 0.6) is 11.5 Å². The fourth-order valence-corrected chi connectivity index (χ4v) is 4.58. The van der Waals surface area contributed by atoms with Gasteiger partial charge in [0, 0.05) is 12.0 Å². The molecule has 1 aromatic heterocycles. The average Bonchev–Trinajstić information content (AvgIpc) is 2.84. The number of esters is 1. The van der Waals surface area contributed by atoms with Gasteiger partial charge in [0.05, 0.1) is 20.1 Å². The molecular weight excluding hydrogens is 501 g/mol. The average molecular weight is 532 g/mol. The molecule has 192 valence electrons. The van der Waals surface area contributed by atoms with Crippen LogP contribution in [0.25, 0.3) is 0 Å². The number of halogens is 2. The van der Waals surface area contributed by atoms with E-state index in [0.29, 0.717) is 33.3 Å². The fraction of sp³-hybridized carbons (Fsp3) is 0.357. The van der Waals surface area contributed by atoms with Gasteiger partial charge >= 0.3 is 5.97 Å². The van der Waals surface area contributed by atoms with Crippen molar-refractivity contribution in [2.75, 3.05) is 14.2 Å². The standard InChI is InChI=1S/C28H31Cl2NO5/c1-17(2)12-19-6-8-20(9-7-19)18(3)28(32)36-26(14-22-23(29)15-31(33)16-24(22)30)21-10-11-25(34-4)27(13-21)35-5/h6-11,13,15-18,26H,12,14H2,1-5H3. The molecule has 0 spiro atoms. The lowest BCUT2D eigenvalue weighted by atomic mass is 9.96. The number of carbonyl (C=O) groups is 1. The molecule has 2 atom stereocenters. The number of benzene rings is 2. The Morgan fingerprint density at radius 2 is 1.47 bits per heavy atom. The lowest BCUT2D eigenvalue weighted by Gasteiger charge is -2.23. The maximum atomic E-state index is 13.3. The van der Waals surface area contributed by atoms with Crippen LogP contribution in [0, 0.1) is 11.1 Å². The van der Waals surface area contributed by atoms with Gasteiger partial charge in [-0.3, -0.25) is 4.79 Å². The SMILES string of the molecule is COc1ccc(C(Cc2c(Cl)c[n+]([O-])cc2Cl)OC(=O)C(C)c2ccc(CC(C)C)cc2)cc1OC. The Labute approximate surface area is 222 Å². The summed E-state index contributed by atoms with van der Waals surface area (Å²) in [5.41, 5.74) is 3.26. The largest absolute Gasteiger partial charge is 0.619 e. The third-order valence-corrected chi connectivity index (χ3v) is 6.61. The van der Waals surface area contributed by atoms with Gasteiger partial charge in [0.2, 0.25) is 0 Å². The zero-order valence-electron chi connectivity index (χ0n) is 21.1. The van der Waals surface area contributed by atoms with Crippen LogP contribution >= 0.6 is 23.2 Å². The highest BCUT2D eigenvalue weighted by molar-refractivity contribution is 6.35. The van der Waals surface area contributed by atoms with Crippen LogP contribution in [-0.2, 0) is 22.4 Å². The van der Waals surface area contributed by atoms with Gasteiger partial charge in [-0.25, -0.2) is 0 Å². The summed E-state index contributed by atoms with van der Waals surface area (Å²) in [4.78, 5) is 13.3. The van der Waals surface area contributed by atoms with Gasteiger partial charge in [-0.1, -0.05) is 67.4 Å². The van der Waals surface area contributed by atoms with E-state index in [9.17, 15) is 10.0 Å². The summed E-state index contributed by atoms with van der Waals surface area (Å²) >= 11 is 12.7. The number of ether oxygens (including phenoxy) is 3. The topological polar surface area (TPSA) is 71.7 Å². The van der Waals surface area contributed by atoms with Crippen molar-refractivity contribution in [3.63, 3.8) is 0 Å². The second-order valence-electron chi connectivity index (χ2n) is 9.10. The number of rotatable bonds is 10. The second-order valence-corrected chi connectivity index (χ2v) is 9.91. The molecule has 0 saturated heterocycles. The predicted molar refractivity (Wildman–Crippen MR) is 141 cm³/mol. The number of nitrogens with zero attached hydrogens (tertiary/aromatic N) is 1. The van der Waals surface area contributed by atoms with Gasteiger partial charge in [0.1, 0.15) is 16.1 Å². The Morgan fingerprint density at radius 1 is 0.889 bits per heavy atom. The summed E-state index contributed by atoms with van der Waals surface area (Å²) < 4.78 is 17.3. The van der Waals surface area contributed by atoms with E-state index in [1.165, 1.54) is 25.1 Å². The normalized spacial score (nSPS) is 12.8. The Bertz CT molecular complexity index is 1170. The molecule has 0 aliphatic carbocycles. The van der Waals surface area contributed by atoms with E-state index in [-0.39, 0.29) is 16.5 Å². The predicted octanol–water partition coefficient (Wildman–Crippen LogP) is 6.47. The minimum absolute atomic E-state index is 0.166. The van der Waals surface area contributed by atoms with E-state index in [1.807, 2.05) is 31.2 Å². The molecule has 6 nitrogen and oxygen atoms in total. The van der Waals surface area contributed by atoms with Crippen LogP contribution in [0.15, 0.2) is 54.9 Å². The molecule has 0 amide bonds. The first-order valence-electron chi connectivity index (χ1n) is 11.7. The third-order valence-electron chi connectivity index (χ3n) is 5.96. The Hall–Kier alpha value is -2.96. The highest BCUT2D eigenvalue weighted by atomic mass is 35.5. The van der Waals surface area contributed by atoms with Crippen molar-refractivity contribution in [2.45, 2.75) is 45.6 Å². The molecule has 0 saturated carbocycles. The maximum absolute atomic E-state index is 13.3. The van der Waals surface area contributed by atoms with Crippen molar-refractivity contribution in [1.82, 2.24) is 0 Å². The third kappa shape index (κ3) is 6.83. The van der Waals surface area contributed by atoms with Crippen molar-refractivity contribution in [3.8, 4) is 11.5 Å². The van der Waals surface area contributed by atoms with E-state index in [2.05, 4.69) is 13.8 Å². The molecule has 2 aromatic carbocycles. The molecule has 3 aromatic rings. The maximum Gasteiger partial charge on any atom is 0.313 e. The van der Waals surface area contributed by atoms with Gasteiger partial charge in [-0.15, -0.1) is 0 Å². The number of hydrogen-bond donors (Lipinski definition) is 0. The molecule has 0 fully saturated rings. The molecule has 1 heterocycles. The first kappa shape index (κ1) is 27.6. The first-order valence-corrected chi connectivity index (χ1v) is 12.5. The molecule has 2 unspecified atom stereocenters. The van der Waals surface area contributed by atoms with Crippen LogP contribution < -0.4 is 14.2 Å². The Balaban J connectivity index is 1.91. The molecule has 0 radical (unpaired) electrons. The zero-order valence-corrected chi connectivity index (χ0v) is 22.6. The highest BCUT2D eigenvalue weighted by Gasteiger charge is 2.26. The number of pyridine rings is 1. The Kier molecular flexibility index (Phi) is 9.46. The fourth-order valence-electron chi connectivity index (χ4n) is 3.98. The van der Waals surface area contributed by atoms with Gasteiger partial charge in [0.15, 0.2) is 23.9 Å². The summed E-state index contributed by atoms with van der Waals surface area (Å²) in [6.45, 7) is 6.16. The van der Waals surface area contributed by atoms with E-state index in [0.717, 1.165) is 12.0 Å². The molecule has 0 aliphatic rings. The van der Waals surface area contributed by atoms with Crippen molar-refractivity contribution in [2.24, 2.45) is 5.92 Å². The van der Waals surface area contributed by atoms with Crippen LogP contribution in [0.4, 0.5) is 0 Å². The van der Waals surface area contributed by atoms with E-state index in [1.54, 1.807) is 25.3 Å². The van der Waals surface area contributed by atoms with Gasteiger partial charge in [-0.2, -0.15) is 4.73 Å². The number of methoxy groups -OCH3 is 2. The van der Waals surface area contributed by atoms with E-state index in [4.69, 9.17) is 37.4 Å². The lowest BCUT2D eigenvalue weighted by Crippen LogP contribution is -2.26. The molecule has 0 aliphatic heterocycles. The van der Waals surface area contributed by atoms with Crippen LogP contribution in [0.2, 0.25) is 10.0 Å². The zero-order chi connectivity index (χ0) is 26.4.